The minimum Gasteiger partial charge on any atom is -0.310 e. The van der Waals surface area contributed by atoms with Gasteiger partial charge in [0.25, 0.3) is 5.69 Å². The number of halogens is 1. The molecule has 1 aromatic rings. The van der Waals surface area contributed by atoms with Crippen LogP contribution in [0.2, 0.25) is 0 Å². The van der Waals surface area contributed by atoms with E-state index in [2.05, 4.69) is 5.32 Å². The van der Waals surface area contributed by atoms with E-state index in [-0.39, 0.29) is 5.69 Å². The molecule has 0 amide bonds. The van der Waals surface area contributed by atoms with Crippen molar-refractivity contribution < 1.29 is 9.31 Å². The van der Waals surface area contributed by atoms with Gasteiger partial charge in [-0.1, -0.05) is 32.1 Å². The number of rotatable bonds is 4. The van der Waals surface area contributed by atoms with E-state index in [1.807, 2.05) is 0 Å². The summed E-state index contributed by atoms with van der Waals surface area (Å²) in [7, 11) is 0. The second kappa shape index (κ2) is 7.33. The highest BCUT2D eigenvalue weighted by Gasteiger charge is 2.13. The first-order chi connectivity index (χ1) is 9.65. The lowest BCUT2D eigenvalue weighted by molar-refractivity contribution is -0.385. The molecule has 0 saturated heterocycles. The SMILES string of the molecule is O=[N+]([O-])c1cc(F)cc(CNC2CCCCCCC2)c1. The molecule has 1 saturated carbocycles. The van der Waals surface area contributed by atoms with Crippen molar-refractivity contribution in [2.75, 3.05) is 0 Å². The molecule has 0 heterocycles. The molecule has 1 aliphatic carbocycles. The van der Waals surface area contributed by atoms with Gasteiger partial charge in [0.2, 0.25) is 0 Å². The number of hydrogen-bond donors (Lipinski definition) is 1. The van der Waals surface area contributed by atoms with Crippen molar-refractivity contribution in [3.8, 4) is 0 Å². The van der Waals surface area contributed by atoms with Crippen molar-refractivity contribution in [3.05, 3.63) is 39.7 Å². The Morgan fingerprint density at radius 3 is 2.45 bits per heavy atom. The lowest BCUT2D eigenvalue weighted by Gasteiger charge is -2.21. The van der Waals surface area contributed by atoms with Crippen LogP contribution in [0.1, 0.15) is 50.5 Å². The van der Waals surface area contributed by atoms with Crippen LogP contribution in [0, 0.1) is 15.9 Å². The maximum Gasteiger partial charge on any atom is 0.272 e. The highest BCUT2D eigenvalue weighted by atomic mass is 19.1. The molecule has 1 N–H and O–H groups in total. The minimum atomic E-state index is -0.553. The molecule has 0 atom stereocenters. The number of nitro groups is 1. The van der Waals surface area contributed by atoms with E-state index in [0.717, 1.165) is 18.9 Å². The first kappa shape index (κ1) is 14.9. The van der Waals surface area contributed by atoms with Crippen LogP contribution in [0.3, 0.4) is 0 Å². The van der Waals surface area contributed by atoms with Crippen LogP contribution in [0.15, 0.2) is 18.2 Å². The van der Waals surface area contributed by atoms with E-state index in [1.54, 1.807) is 0 Å². The fourth-order valence-electron chi connectivity index (χ4n) is 2.76. The van der Waals surface area contributed by atoms with Crippen LogP contribution in [0.4, 0.5) is 10.1 Å². The molecule has 0 spiro atoms. The number of nitrogens with zero attached hydrogens (tertiary/aromatic N) is 1. The van der Waals surface area contributed by atoms with E-state index in [0.29, 0.717) is 18.2 Å². The zero-order valence-corrected chi connectivity index (χ0v) is 11.6. The van der Waals surface area contributed by atoms with Gasteiger partial charge in [0.1, 0.15) is 5.82 Å². The standard InChI is InChI=1S/C15H21FN2O2/c16-13-8-12(9-15(10-13)18(19)20)11-17-14-6-4-2-1-3-5-7-14/h8-10,14,17H,1-7,11H2. The summed E-state index contributed by atoms with van der Waals surface area (Å²) < 4.78 is 13.3. The third kappa shape index (κ3) is 4.56. The summed E-state index contributed by atoms with van der Waals surface area (Å²) in [5.41, 5.74) is 0.457. The average molecular weight is 280 g/mol. The van der Waals surface area contributed by atoms with E-state index in [1.165, 1.54) is 44.2 Å². The predicted octanol–water partition coefficient (Wildman–Crippen LogP) is 3.94. The number of nitrogens with one attached hydrogen (secondary N) is 1. The van der Waals surface area contributed by atoms with Crippen molar-refractivity contribution in [1.29, 1.82) is 0 Å². The van der Waals surface area contributed by atoms with Gasteiger partial charge in [-0.15, -0.1) is 0 Å². The van der Waals surface area contributed by atoms with Gasteiger partial charge in [-0.05, 0) is 24.5 Å². The highest BCUT2D eigenvalue weighted by Crippen LogP contribution is 2.19. The van der Waals surface area contributed by atoms with E-state index in [9.17, 15) is 14.5 Å². The molecule has 4 nitrogen and oxygen atoms in total. The molecule has 1 aliphatic rings. The summed E-state index contributed by atoms with van der Waals surface area (Å²) in [6.45, 7) is 0.489. The van der Waals surface area contributed by atoms with Crippen molar-refractivity contribution in [2.45, 2.75) is 57.5 Å². The number of hydrogen-bond acceptors (Lipinski definition) is 3. The zero-order chi connectivity index (χ0) is 14.4. The maximum atomic E-state index is 13.3. The summed E-state index contributed by atoms with van der Waals surface area (Å²) in [5.74, 6) is -0.548. The fourth-order valence-corrected chi connectivity index (χ4v) is 2.76. The van der Waals surface area contributed by atoms with Crippen molar-refractivity contribution in [3.63, 3.8) is 0 Å². The van der Waals surface area contributed by atoms with E-state index < -0.39 is 10.7 Å². The van der Waals surface area contributed by atoms with Crippen molar-refractivity contribution >= 4 is 5.69 Å². The molecule has 0 radical (unpaired) electrons. The first-order valence-electron chi connectivity index (χ1n) is 7.32. The smallest absolute Gasteiger partial charge is 0.272 e. The molecule has 110 valence electrons. The third-order valence-corrected chi connectivity index (χ3v) is 3.85. The molecule has 1 aromatic carbocycles. The Bertz CT molecular complexity index is 457. The molecule has 5 heteroatoms. The lowest BCUT2D eigenvalue weighted by Crippen LogP contribution is -2.29. The molecule has 20 heavy (non-hydrogen) atoms. The van der Waals surface area contributed by atoms with Gasteiger partial charge < -0.3 is 5.32 Å². The van der Waals surface area contributed by atoms with Crippen LogP contribution >= 0.6 is 0 Å². The monoisotopic (exact) mass is 280 g/mol. The molecule has 0 aliphatic heterocycles. The number of benzene rings is 1. The summed E-state index contributed by atoms with van der Waals surface area (Å²) in [6.07, 6.45) is 8.60. The average Bonchev–Trinajstić information content (AvgIpc) is 2.36. The summed E-state index contributed by atoms with van der Waals surface area (Å²) >= 11 is 0. The van der Waals surface area contributed by atoms with Crippen molar-refractivity contribution in [2.24, 2.45) is 0 Å². The Morgan fingerprint density at radius 2 is 1.80 bits per heavy atom. The fraction of sp³-hybridized carbons (Fsp3) is 0.600. The van der Waals surface area contributed by atoms with Gasteiger partial charge >= 0.3 is 0 Å². The molecule has 1 fully saturated rings. The van der Waals surface area contributed by atoms with Crippen LogP contribution < -0.4 is 5.32 Å². The van der Waals surface area contributed by atoms with E-state index in [4.69, 9.17) is 0 Å². The summed E-state index contributed by atoms with van der Waals surface area (Å²) in [6, 6.07) is 4.21. The van der Waals surface area contributed by atoms with Gasteiger partial charge in [0, 0.05) is 18.7 Å². The van der Waals surface area contributed by atoms with Gasteiger partial charge in [-0.25, -0.2) is 4.39 Å². The Labute approximate surface area is 118 Å². The lowest BCUT2D eigenvalue weighted by atomic mass is 9.96. The van der Waals surface area contributed by atoms with Crippen LogP contribution in [-0.2, 0) is 6.54 Å². The predicted molar refractivity (Wildman–Crippen MR) is 76.0 cm³/mol. The Hall–Kier alpha value is -1.49. The molecular weight excluding hydrogens is 259 g/mol. The Balaban J connectivity index is 1.93. The summed E-state index contributed by atoms with van der Waals surface area (Å²) in [5, 5.41) is 14.1. The number of non-ortho nitro benzene ring substituents is 1. The normalized spacial score (nSPS) is 17.4. The number of nitro benzene ring substituents is 1. The quantitative estimate of drug-likeness (QED) is 0.671. The zero-order valence-electron chi connectivity index (χ0n) is 11.6. The maximum absolute atomic E-state index is 13.3. The Kier molecular flexibility index (Phi) is 5.47. The van der Waals surface area contributed by atoms with E-state index >= 15 is 0 Å². The molecule has 0 unspecified atom stereocenters. The highest BCUT2D eigenvalue weighted by molar-refractivity contribution is 5.35. The van der Waals surface area contributed by atoms with Crippen LogP contribution in [0.25, 0.3) is 0 Å². The first-order valence-corrected chi connectivity index (χ1v) is 7.32. The van der Waals surface area contributed by atoms with Gasteiger partial charge in [0.05, 0.1) is 11.0 Å². The molecular formula is C15H21FN2O2. The van der Waals surface area contributed by atoms with Gasteiger partial charge in [-0.2, -0.15) is 0 Å². The third-order valence-electron chi connectivity index (χ3n) is 3.85. The summed E-state index contributed by atoms with van der Waals surface area (Å²) in [4.78, 5) is 10.2. The Morgan fingerprint density at radius 1 is 1.15 bits per heavy atom. The molecule has 2 rings (SSSR count). The van der Waals surface area contributed by atoms with Crippen LogP contribution in [0.5, 0.6) is 0 Å². The molecule has 0 aromatic heterocycles. The second-order valence-electron chi connectivity index (χ2n) is 5.50. The largest absolute Gasteiger partial charge is 0.310 e. The molecule has 0 bridgehead atoms. The van der Waals surface area contributed by atoms with Gasteiger partial charge in [0.15, 0.2) is 0 Å². The second-order valence-corrected chi connectivity index (χ2v) is 5.50. The van der Waals surface area contributed by atoms with Gasteiger partial charge in [-0.3, -0.25) is 10.1 Å². The van der Waals surface area contributed by atoms with Crippen LogP contribution in [-0.4, -0.2) is 11.0 Å². The minimum absolute atomic E-state index is 0.181. The van der Waals surface area contributed by atoms with Crippen molar-refractivity contribution in [1.82, 2.24) is 5.32 Å². The topological polar surface area (TPSA) is 55.2 Å².